The summed E-state index contributed by atoms with van der Waals surface area (Å²) in [5.74, 6) is -0.266. The van der Waals surface area contributed by atoms with Gasteiger partial charge in [-0.25, -0.2) is 8.42 Å². The van der Waals surface area contributed by atoms with Gasteiger partial charge in [0.25, 0.3) is 10.0 Å². The van der Waals surface area contributed by atoms with E-state index in [1.165, 1.54) is 0 Å². The van der Waals surface area contributed by atoms with E-state index in [0.29, 0.717) is 0 Å². The Bertz CT molecular complexity index is 1120. The van der Waals surface area contributed by atoms with E-state index >= 15 is 0 Å². The zero-order valence-electron chi connectivity index (χ0n) is 17.2. The van der Waals surface area contributed by atoms with Gasteiger partial charge in [0.1, 0.15) is 0 Å². The minimum absolute atomic E-state index is 0.141. The van der Waals surface area contributed by atoms with E-state index in [1.807, 2.05) is 61.5 Å². The van der Waals surface area contributed by atoms with Crippen LogP contribution >= 0.6 is 11.3 Å². The van der Waals surface area contributed by atoms with E-state index < -0.39 is 21.5 Å². The second-order valence-electron chi connectivity index (χ2n) is 7.95. The number of sulfonamides is 1. The number of carbonyl (C=O) groups is 1. The molecule has 0 aliphatic rings. The summed E-state index contributed by atoms with van der Waals surface area (Å²) in [5.41, 5.74) is 2.06. The normalized spacial score (nSPS) is 13.1. The Kier molecular flexibility index (Phi) is 6.35. The van der Waals surface area contributed by atoms with Gasteiger partial charge in [0.05, 0.1) is 6.04 Å². The number of rotatable bonds is 6. The molecule has 30 heavy (non-hydrogen) atoms. The van der Waals surface area contributed by atoms with Crippen LogP contribution in [0.15, 0.2) is 58.9 Å². The lowest BCUT2D eigenvalue weighted by Gasteiger charge is -2.19. The number of carbonyl (C=O) groups excluding carboxylic acids is 1. The number of benzene rings is 2. The van der Waals surface area contributed by atoms with Gasteiger partial charge in [0.2, 0.25) is 15.4 Å². The van der Waals surface area contributed by atoms with Crippen molar-refractivity contribution in [1.29, 1.82) is 0 Å². The molecular formula is C21H24N4O3S2. The Hall–Kier alpha value is -2.62. The number of nitrogens with one attached hydrogen (secondary N) is 2. The molecule has 0 bridgehead atoms. The highest BCUT2D eigenvalue weighted by Crippen LogP contribution is 2.27. The van der Waals surface area contributed by atoms with Gasteiger partial charge in [-0.3, -0.25) is 4.79 Å². The standard InChI is InChI=1S/C21H24N4O3S2/c1-14-10-12-16(13-11-14)17(15-8-6-5-7-9-15)25-30(27,28)20-24-23-19(29-20)22-18(26)21(2,3)4/h5-13,17,25H,1-4H3,(H,22,23,26)/t17-/m0/s1. The van der Waals surface area contributed by atoms with Crippen molar-refractivity contribution in [2.75, 3.05) is 5.32 Å². The van der Waals surface area contributed by atoms with Crippen LogP contribution in [0.1, 0.15) is 43.5 Å². The molecule has 3 aromatic rings. The first-order valence-electron chi connectivity index (χ1n) is 9.35. The van der Waals surface area contributed by atoms with Crippen LogP contribution in [0.4, 0.5) is 5.13 Å². The molecule has 0 saturated heterocycles. The van der Waals surface area contributed by atoms with Crippen molar-refractivity contribution in [3.8, 4) is 0 Å². The molecule has 2 aromatic carbocycles. The second-order valence-corrected chi connectivity index (χ2v) is 10.8. The van der Waals surface area contributed by atoms with Gasteiger partial charge < -0.3 is 5.32 Å². The summed E-state index contributed by atoms with van der Waals surface area (Å²) in [6.45, 7) is 7.25. The van der Waals surface area contributed by atoms with Crippen molar-refractivity contribution in [3.05, 3.63) is 71.3 Å². The lowest BCUT2D eigenvalue weighted by molar-refractivity contribution is -0.123. The predicted octanol–water partition coefficient (Wildman–Crippen LogP) is 3.90. The monoisotopic (exact) mass is 444 g/mol. The van der Waals surface area contributed by atoms with Gasteiger partial charge >= 0.3 is 0 Å². The highest BCUT2D eigenvalue weighted by molar-refractivity contribution is 7.91. The van der Waals surface area contributed by atoms with Crippen LogP contribution in [0.25, 0.3) is 0 Å². The smallest absolute Gasteiger partial charge is 0.270 e. The lowest BCUT2D eigenvalue weighted by atomic mass is 9.96. The average Bonchev–Trinajstić information content (AvgIpc) is 3.16. The minimum atomic E-state index is -3.97. The third kappa shape index (κ3) is 5.29. The molecule has 1 atom stereocenters. The van der Waals surface area contributed by atoms with Gasteiger partial charge in [0.15, 0.2) is 0 Å². The van der Waals surface area contributed by atoms with Crippen LogP contribution < -0.4 is 10.0 Å². The summed E-state index contributed by atoms with van der Waals surface area (Å²) in [4.78, 5) is 12.1. The fourth-order valence-corrected chi connectivity index (χ4v) is 4.72. The van der Waals surface area contributed by atoms with Crippen molar-refractivity contribution in [3.63, 3.8) is 0 Å². The number of aryl methyl sites for hydroxylation is 1. The largest absolute Gasteiger partial charge is 0.300 e. The number of nitrogens with zero attached hydrogens (tertiary/aromatic N) is 2. The number of hydrogen-bond donors (Lipinski definition) is 2. The molecule has 2 N–H and O–H groups in total. The van der Waals surface area contributed by atoms with E-state index in [1.54, 1.807) is 20.8 Å². The highest BCUT2D eigenvalue weighted by atomic mass is 32.2. The van der Waals surface area contributed by atoms with Gasteiger partial charge in [-0.1, -0.05) is 92.3 Å². The Morgan fingerprint density at radius 2 is 1.57 bits per heavy atom. The van der Waals surface area contributed by atoms with Crippen molar-refractivity contribution in [2.45, 2.75) is 38.1 Å². The van der Waals surface area contributed by atoms with Crippen LogP contribution in [0.2, 0.25) is 0 Å². The zero-order chi connectivity index (χ0) is 21.9. The highest BCUT2D eigenvalue weighted by Gasteiger charge is 2.28. The van der Waals surface area contributed by atoms with Gasteiger partial charge in [-0.05, 0) is 18.1 Å². The van der Waals surface area contributed by atoms with Crippen molar-refractivity contribution < 1.29 is 13.2 Å². The van der Waals surface area contributed by atoms with Crippen LogP contribution in [0.5, 0.6) is 0 Å². The quantitative estimate of drug-likeness (QED) is 0.562. The fourth-order valence-electron chi connectivity index (χ4n) is 2.59. The summed E-state index contributed by atoms with van der Waals surface area (Å²) in [7, 11) is -3.97. The molecule has 0 fully saturated rings. The Morgan fingerprint density at radius 3 is 2.17 bits per heavy atom. The summed E-state index contributed by atoms with van der Waals surface area (Å²) < 4.78 is 28.6. The molecule has 0 aliphatic carbocycles. The van der Waals surface area contributed by atoms with E-state index in [-0.39, 0.29) is 15.4 Å². The van der Waals surface area contributed by atoms with E-state index in [0.717, 1.165) is 28.0 Å². The zero-order valence-corrected chi connectivity index (χ0v) is 18.8. The van der Waals surface area contributed by atoms with E-state index in [9.17, 15) is 13.2 Å². The molecule has 0 aliphatic heterocycles. The summed E-state index contributed by atoms with van der Waals surface area (Å²) >= 11 is 0.814. The third-order valence-electron chi connectivity index (χ3n) is 4.35. The maximum absolute atomic E-state index is 13.0. The van der Waals surface area contributed by atoms with Crippen molar-refractivity contribution in [1.82, 2.24) is 14.9 Å². The molecule has 7 nitrogen and oxygen atoms in total. The molecule has 9 heteroatoms. The number of hydrogen-bond acceptors (Lipinski definition) is 6. The molecule has 158 valence electrons. The molecule has 1 heterocycles. The lowest BCUT2D eigenvalue weighted by Crippen LogP contribution is -2.29. The SMILES string of the molecule is Cc1ccc([C@@H](NS(=O)(=O)c2nnc(NC(=O)C(C)(C)C)s2)c2ccccc2)cc1. The maximum Gasteiger partial charge on any atom is 0.270 e. The molecule has 1 aromatic heterocycles. The van der Waals surface area contributed by atoms with Gasteiger partial charge in [-0.15, -0.1) is 10.2 Å². The first-order chi connectivity index (χ1) is 14.1. The first kappa shape index (κ1) is 22.1. The van der Waals surface area contributed by atoms with Crippen LogP contribution in [-0.2, 0) is 14.8 Å². The van der Waals surface area contributed by atoms with Crippen molar-refractivity contribution in [2.24, 2.45) is 5.41 Å². The Morgan fingerprint density at radius 1 is 0.967 bits per heavy atom. The number of aromatic nitrogens is 2. The molecular weight excluding hydrogens is 420 g/mol. The maximum atomic E-state index is 13.0. The van der Waals surface area contributed by atoms with Crippen molar-refractivity contribution >= 4 is 32.4 Å². The van der Waals surface area contributed by atoms with Crippen LogP contribution in [0.3, 0.4) is 0 Å². The number of anilines is 1. The molecule has 1 amide bonds. The average molecular weight is 445 g/mol. The first-order valence-corrected chi connectivity index (χ1v) is 11.6. The molecule has 0 spiro atoms. The molecule has 3 rings (SSSR count). The minimum Gasteiger partial charge on any atom is -0.300 e. The topological polar surface area (TPSA) is 101 Å². The second kappa shape index (κ2) is 8.63. The summed E-state index contributed by atoms with van der Waals surface area (Å²) in [5, 5.41) is 10.4. The summed E-state index contributed by atoms with van der Waals surface area (Å²) in [6.07, 6.45) is 0. The van der Waals surface area contributed by atoms with Gasteiger partial charge in [-0.2, -0.15) is 4.72 Å². The van der Waals surface area contributed by atoms with E-state index in [2.05, 4.69) is 20.2 Å². The fraction of sp³-hybridized carbons (Fsp3) is 0.286. The van der Waals surface area contributed by atoms with E-state index in [4.69, 9.17) is 0 Å². The summed E-state index contributed by atoms with van der Waals surface area (Å²) in [6, 6.07) is 16.4. The molecule has 0 unspecified atom stereocenters. The van der Waals surface area contributed by atoms with Crippen LogP contribution in [0, 0.1) is 12.3 Å². The number of amides is 1. The van der Waals surface area contributed by atoms with Crippen LogP contribution in [-0.4, -0.2) is 24.5 Å². The Labute approximate surface area is 180 Å². The van der Waals surface area contributed by atoms with Gasteiger partial charge in [0, 0.05) is 5.41 Å². The Balaban J connectivity index is 1.89. The molecule has 0 saturated carbocycles. The third-order valence-corrected chi connectivity index (χ3v) is 6.98. The predicted molar refractivity (Wildman–Crippen MR) is 118 cm³/mol. The molecule has 0 radical (unpaired) electrons.